The van der Waals surface area contributed by atoms with Gasteiger partial charge in [0.05, 0.1) is 11.3 Å². The lowest BCUT2D eigenvalue weighted by Gasteiger charge is -2.56. The highest BCUT2D eigenvalue weighted by Gasteiger charge is 2.54. The van der Waals surface area contributed by atoms with Gasteiger partial charge in [0.15, 0.2) is 0 Å². The molecule has 2 atom stereocenters. The summed E-state index contributed by atoms with van der Waals surface area (Å²) in [6.07, 6.45) is 8.28. The molecule has 4 saturated carbocycles. The summed E-state index contributed by atoms with van der Waals surface area (Å²) in [5.74, 6) is 1.58. The van der Waals surface area contributed by atoms with Crippen molar-refractivity contribution in [3.63, 3.8) is 0 Å². The predicted octanol–water partition coefficient (Wildman–Crippen LogP) is 7.83. The van der Waals surface area contributed by atoms with Crippen molar-refractivity contribution in [2.24, 2.45) is 29.1 Å². The largest absolute Gasteiger partial charge is 0.460 e. The normalized spacial score (nSPS) is 30.8. The highest BCUT2D eigenvalue weighted by molar-refractivity contribution is 5.79. The minimum Gasteiger partial charge on any atom is -0.460 e. The average Bonchev–Trinajstić information content (AvgIpc) is 2.51. The van der Waals surface area contributed by atoms with Crippen LogP contribution in [-0.4, -0.2) is 23.1 Å². The molecule has 2 unspecified atom stereocenters. The fraction of sp³-hybridized carbons (Fsp3) is 0.926. The maximum Gasteiger partial charge on any atom is 0.312 e. The van der Waals surface area contributed by atoms with Crippen LogP contribution in [0.4, 0.5) is 0 Å². The van der Waals surface area contributed by atoms with Gasteiger partial charge in [0.2, 0.25) is 0 Å². The van der Waals surface area contributed by atoms with Crippen molar-refractivity contribution in [2.45, 2.75) is 134 Å². The van der Waals surface area contributed by atoms with Gasteiger partial charge in [-0.3, -0.25) is 9.59 Å². The number of hydrogen-bond donors (Lipinski definition) is 0. The SMILES string of the molecule is C.C.C.C.CCC(C)(CC(C)C(=O)OC(C)(C)C)C(=O)OC12CC3CC(CC(C3)C1)C2. The molecular weight excluding hydrogens is 388 g/mol. The van der Waals surface area contributed by atoms with Crippen LogP contribution in [0.25, 0.3) is 0 Å². The maximum atomic E-state index is 13.2. The van der Waals surface area contributed by atoms with Crippen LogP contribution in [-0.2, 0) is 19.1 Å². The lowest BCUT2D eigenvalue weighted by atomic mass is 9.54. The lowest BCUT2D eigenvalue weighted by Crippen LogP contribution is -2.54. The fourth-order valence-electron chi connectivity index (χ4n) is 6.01. The number of esters is 2. The molecule has 4 aliphatic rings. The number of ether oxygens (including phenoxy) is 2. The zero-order valence-corrected chi connectivity index (χ0v) is 18.1. The van der Waals surface area contributed by atoms with Gasteiger partial charge in [-0.05, 0) is 96.8 Å². The summed E-state index contributed by atoms with van der Waals surface area (Å²) < 4.78 is 11.8. The van der Waals surface area contributed by atoms with Gasteiger partial charge in [0, 0.05) is 0 Å². The van der Waals surface area contributed by atoms with Crippen LogP contribution in [0.2, 0.25) is 0 Å². The number of rotatable bonds is 6. The van der Waals surface area contributed by atoms with E-state index in [1.54, 1.807) is 0 Å². The van der Waals surface area contributed by atoms with Gasteiger partial charge in [0.25, 0.3) is 0 Å². The summed E-state index contributed by atoms with van der Waals surface area (Å²) in [6, 6.07) is 0. The van der Waals surface area contributed by atoms with Crippen molar-refractivity contribution < 1.29 is 19.1 Å². The van der Waals surface area contributed by atoms with Crippen LogP contribution in [0.1, 0.15) is 123 Å². The standard InChI is InChI=1S/C23H38O4.4CH4/c1-7-22(6,11-15(2)19(24)26-21(3,4)5)20(25)27-23-12-16-8-17(13-23)10-18(9-16)14-23;;;;/h15-18H,7-14H2,1-6H3;4*1H4. The van der Waals surface area contributed by atoms with Crippen molar-refractivity contribution in [3.05, 3.63) is 0 Å². The molecular formula is C27H54O4. The number of carbonyl (C=O) groups excluding carboxylic acids is 2. The molecule has 31 heavy (non-hydrogen) atoms. The van der Waals surface area contributed by atoms with Crippen molar-refractivity contribution in [2.75, 3.05) is 0 Å². The molecule has 0 aliphatic heterocycles. The average molecular weight is 443 g/mol. The Hall–Kier alpha value is -1.06. The van der Waals surface area contributed by atoms with Gasteiger partial charge < -0.3 is 9.47 Å². The molecule has 0 radical (unpaired) electrons. The van der Waals surface area contributed by atoms with Crippen LogP contribution in [0.5, 0.6) is 0 Å². The molecule has 0 aromatic rings. The molecule has 0 amide bonds. The molecule has 0 N–H and O–H groups in total. The number of carbonyl (C=O) groups is 2. The Morgan fingerprint density at radius 3 is 1.68 bits per heavy atom. The Kier molecular flexibility index (Phi) is 11.6. The zero-order chi connectivity index (χ0) is 20.0. The first kappa shape index (κ1) is 32.1. The third-order valence-corrected chi connectivity index (χ3v) is 7.13. The topological polar surface area (TPSA) is 52.6 Å². The van der Waals surface area contributed by atoms with Gasteiger partial charge in [-0.1, -0.05) is 43.6 Å². The second-order valence-electron chi connectivity index (χ2n) is 11.0. The van der Waals surface area contributed by atoms with Crippen molar-refractivity contribution in [3.8, 4) is 0 Å². The zero-order valence-electron chi connectivity index (χ0n) is 18.1. The van der Waals surface area contributed by atoms with Crippen molar-refractivity contribution in [1.82, 2.24) is 0 Å². The molecule has 0 aromatic heterocycles. The van der Waals surface area contributed by atoms with E-state index in [0.29, 0.717) is 12.8 Å². The van der Waals surface area contributed by atoms with Crippen LogP contribution in [0, 0.1) is 29.1 Å². The van der Waals surface area contributed by atoms with Gasteiger partial charge in [-0.2, -0.15) is 0 Å². The van der Waals surface area contributed by atoms with Crippen molar-refractivity contribution >= 4 is 11.9 Å². The quantitative estimate of drug-likeness (QED) is 0.393. The summed E-state index contributed by atoms with van der Waals surface area (Å²) in [7, 11) is 0. The smallest absolute Gasteiger partial charge is 0.312 e. The monoisotopic (exact) mass is 442 g/mol. The van der Waals surface area contributed by atoms with E-state index < -0.39 is 11.0 Å². The van der Waals surface area contributed by atoms with E-state index in [1.165, 1.54) is 19.3 Å². The van der Waals surface area contributed by atoms with Gasteiger partial charge >= 0.3 is 11.9 Å². The minimum atomic E-state index is -0.639. The first-order valence-corrected chi connectivity index (χ1v) is 10.9. The summed E-state index contributed by atoms with van der Waals surface area (Å²) in [5.41, 5.74) is -1.37. The Bertz CT molecular complexity index is 553. The van der Waals surface area contributed by atoms with Gasteiger partial charge in [0.1, 0.15) is 11.2 Å². The molecule has 4 nitrogen and oxygen atoms in total. The van der Waals surface area contributed by atoms with Gasteiger partial charge in [-0.25, -0.2) is 0 Å². The maximum absolute atomic E-state index is 13.2. The van der Waals surface area contributed by atoms with E-state index >= 15 is 0 Å². The molecule has 0 heterocycles. The molecule has 0 saturated heterocycles. The second kappa shape index (κ2) is 11.2. The fourth-order valence-corrected chi connectivity index (χ4v) is 6.01. The number of hydrogen-bond acceptors (Lipinski definition) is 4. The van der Waals surface area contributed by atoms with Crippen LogP contribution >= 0.6 is 0 Å². The Morgan fingerprint density at radius 2 is 1.32 bits per heavy atom. The van der Waals surface area contributed by atoms with Gasteiger partial charge in [-0.15, -0.1) is 0 Å². The second-order valence-corrected chi connectivity index (χ2v) is 11.0. The van der Waals surface area contributed by atoms with E-state index in [-0.39, 0.29) is 53.2 Å². The highest BCUT2D eigenvalue weighted by atomic mass is 16.6. The first-order chi connectivity index (χ1) is 12.4. The molecule has 4 heteroatoms. The Balaban J connectivity index is 0. The summed E-state index contributed by atoms with van der Waals surface area (Å²) >= 11 is 0. The van der Waals surface area contributed by atoms with E-state index in [0.717, 1.165) is 37.0 Å². The van der Waals surface area contributed by atoms with Crippen molar-refractivity contribution in [1.29, 1.82) is 0 Å². The summed E-state index contributed by atoms with van der Waals surface area (Å²) in [6.45, 7) is 11.5. The van der Waals surface area contributed by atoms with E-state index in [4.69, 9.17) is 9.47 Å². The van der Waals surface area contributed by atoms with Crippen LogP contribution in [0.15, 0.2) is 0 Å². The minimum absolute atomic E-state index is 0. The third kappa shape index (κ3) is 7.22. The Morgan fingerprint density at radius 1 is 0.903 bits per heavy atom. The predicted molar refractivity (Wildman–Crippen MR) is 132 cm³/mol. The molecule has 0 spiro atoms. The van der Waals surface area contributed by atoms with Crippen LogP contribution in [0.3, 0.4) is 0 Å². The lowest BCUT2D eigenvalue weighted by molar-refractivity contribution is -0.198. The molecule has 4 fully saturated rings. The Labute approximate surface area is 194 Å². The molecule has 4 rings (SSSR count). The molecule has 4 bridgehead atoms. The summed E-state index contributed by atoms with van der Waals surface area (Å²) in [4.78, 5) is 25.7. The molecule has 186 valence electrons. The van der Waals surface area contributed by atoms with Crippen LogP contribution < -0.4 is 0 Å². The van der Waals surface area contributed by atoms with E-state index in [1.807, 2.05) is 41.5 Å². The van der Waals surface area contributed by atoms with E-state index in [2.05, 4.69) is 0 Å². The molecule has 4 aliphatic carbocycles. The summed E-state index contributed by atoms with van der Waals surface area (Å²) in [5, 5.41) is 0. The third-order valence-electron chi connectivity index (χ3n) is 7.13. The molecule has 0 aromatic carbocycles. The first-order valence-electron chi connectivity index (χ1n) is 10.9. The highest BCUT2D eigenvalue weighted by Crippen LogP contribution is 2.57. The van der Waals surface area contributed by atoms with E-state index in [9.17, 15) is 9.59 Å².